The van der Waals surface area contributed by atoms with Crippen molar-refractivity contribution in [3.05, 3.63) is 0 Å². The SMILES string of the molecule is CC(=O)OC[C@H]1O[C@@H](O[C@@H]2[C@H](OC(C)=O)[C@@H](OC(C)=O)[C@H](OC(=N)C(Cl)(Cl)Cl)O[C@@H]2COC(C)=O)[C@H](OC(C)=O)[C@@H](OC(C)=O)[C@H]1OC(C)=O. The lowest BCUT2D eigenvalue weighted by Gasteiger charge is -2.48. The number of hydrogen-bond acceptors (Lipinski definition) is 19. The van der Waals surface area contributed by atoms with Crippen LogP contribution in [0.25, 0.3) is 0 Å². The molecule has 2 aliphatic rings. The van der Waals surface area contributed by atoms with Crippen molar-refractivity contribution in [2.24, 2.45) is 0 Å². The van der Waals surface area contributed by atoms with Crippen molar-refractivity contribution in [1.29, 1.82) is 5.41 Å². The fraction of sp³-hybridized carbons (Fsp3) is 0.714. The van der Waals surface area contributed by atoms with E-state index in [2.05, 4.69) is 0 Å². The van der Waals surface area contributed by atoms with E-state index >= 15 is 0 Å². The number of esters is 7. The van der Waals surface area contributed by atoms with Crippen molar-refractivity contribution >= 4 is 82.5 Å². The van der Waals surface area contributed by atoms with Crippen LogP contribution in [0.4, 0.5) is 0 Å². The maximum atomic E-state index is 12.4. The third-order valence-electron chi connectivity index (χ3n) is 6.38. The highest BCUT2D eigenvalue weighted by molar-refractivity contribution is 6.76. The molecule has 0 aromatic heterocycles. The van der Waals surface area contributed by atoms with Crippen LogP contribution in [0.2, 0.25) is 0 Å². The Morgan fingerprint density at radius 3 is 1.24 bits per heavy atom. The molecule has 1 N–H and O–H groups in total. The Bertz CT molecular complexity index is 1310. The highest BCUT2D eigenvalue weighted by Crippen LogP contribution is 2.37. The summed E-state index contributed by atoms with van der Waals surface area (Å²) in [5.41, 5.74) is 0. The van der Waals surface area contributed by atoms with E-state index in [1.165, 1.54) is 0 Å². The molecular weight excluding hydrogens is 745 g/mol. The summed E-state index contributed by atoms with van der Waals surface area (Å²) in [5, 5.41) is 8.03. The molecule has 0 amide bonds. The molecule has 2 heterocycles. The Morgan fingerprint density at radius 1 is 0.500 bits per heavy atom. The van der Waals surface area contributed by atoms with Crippen LogP contribution in [-0.2, 0) is 85.7 Å². The Hall–Kier alpha value is -3.49. The van der Waals surface area contributed by atoms with Crippen LogP contribution < -0.4 is 0 Å². The van der Waals surface area contributed by atoms with E-state index in [4.69, 9.17) is 92.3 Å². The van der Waals surface area contributed by atoms with Crippen LogP contribution in [0, 0.1) is 5.41 Å². The van der Waals surface area contributed by atoms with Crippen molar-refractivity contribution in [2.45, 2.75) is 114 Å². The monoisotopic (exact) mass is 779 g/mol. The van der Waals surface area contributed by atoms with Crippen molar-refractivity contribution in [3.63, 3.8) is 0 Å². The molecule has 0 radical (unpaired) electrons. The van der Waals surface area contributed by atoms with Crippen LogP contribution in [0.1, 0.15) is 48.5 Å². The quantitative estimate of drug-likeness (QED) is 0.0953. The molecule has 2 fully saturated rings. The van der Waals surface area contributed by atoms with E-state index in [-0.39, 0.29) is 0 Å². The molecule has 0 unspecified atom stereocenters. The highest BCUT2D eigenvalue weighted by Gasteiger charge is 2.58. The first-order valence-corrected chi connectivity index (χ1v) is 15.7. The number of nitrogens with one attached hydrogen (secondary N) is 1. The van der Waals surface area contributed by atoms with E-state index in [0.29, 0.717) is 0 Å². The lowest BCUT2D eigenvalue weighted by atomic mass is 9.96. The second-order valence-corrected chi connectivity index (χ2v) is 12.9. The largest absolute Gasteiger partial charge is 0.463 e. The van der Waals surface area contributed by atoms with E-state index in [9.17, 15) is 33.6 Å². The van der Waals surface area contributed by atoms with Gasteiger partial charge in [0.25, 0.3) is 3.79 Å². The molecule has 2 saturated heterocycles. The number of halogens is 3. The minimum Gasteiger partial charge on any atom is -0.463 e. The van der Waals surface area contributed by atoms with Crippen molar-refractivity contribution < 1.29 is 85.7 Å². The summed E-state index contributed by atoms with van der Waals surface area (Å²) in [5.74, 6) is -7.37. The fourth-order valence-corrected chi connectivity index (χ4v) is 4.88. The minimum absolute atomic E-state index is 0.617. The van der Waals surface area contributed by atoms with Gasteiger partial charge in [0.1, 0.15) is 31.5 Å². The van der Waals surface area contributed by atoms with Crippen LogP contribution in [0.15, 0.2) is 0 Å². The van der Waals surface area contributed by atoms with Gasteiger partial charge in [0.2, 0.25) is 18.3 Å². The lowest BCUT2D eigenvalue weighted by Crippen LogP contribution is -2.67. The summed E-state index contributed by atoms with van der Waals surface area (Å²) in [4.78, 5) is 84.9. The smallest absolute Gasteiger partial charge is 0.303 e. The zero-order valence-corrected chi connectivity index (χ0v) is 29.9. The van der Waals surface area contributed by atoms with Gasteiger partial charge in [-0.25, -0.2) is 0 Å². The average molecular weight is 781 g/mol. The van der Waals surface area contributed by atoms with Crippen LogP contribution in [0.5, 0.6) is 0 Å². The molecule has 0 spiro atoms. The van der Waals surface area contributed by atoms with Gasteiger partial charge in [0, 0.05) is 48.5 Å². The van der Waals surface area contributed by atoms with Gasteiger partial charge >= 0.3 is 41.8 Å². The molecular formula is C28H36Cl3NO18. The predicted molar refractivity (Wildman–Crippen MR) is 162 cm³/mol. The number of carbonyl (C=O) groups excluding carboxylic acids is 7. The average Bonchev–Trinajstić information content (AvgIpc) is 2.95. The van der Waals surface area contributed by atoms with Gasteiger partial charge in [-0.15, -0.1) is 0 Å². The molecule has 0 saturated carbocycles. The summed E-state index contributed by atoms with van der Waals surface area (Å²) in [7, 11) is 0. The van der Waals surface area contributed by atoms with Gasteiger partial charge in [-0.1, -0.05) is 34.8 Å². The fourth-order valence-electron chi connectivity index (χ4n) is 4.75. The summed E-state index contributed by atoms with van der Waals surface area (Å²) >= 11 is 17.3. The third-order valence-corrected chi connectivity index (χ3v) is 6.89. The van der Waals surface area contributed by atoms with E-state index < -0.39 is 126 Å². The topological polar surface area (TPSA) is 245 Å². The number of carbonyl (C=O) groups is 7. The molecule has 0 bridgehead atoms. The molecule has 2 rings (SSSR count). The molecule has 22 heteroatoms. The maximum absolute atomic E-state index is 12.4. The van der Waals surface area contributed by atoms with Crippen molar-refractivity contribution in [2.75, 3.05) is 13.2 Å². The van der Waals surface area contributed by atoms with E-state index in [1.807, 2.05) is 0 Å². The summed E-state index contributed by atoms with van der Waals surface area (Å²) in [6.45, 7) is 5.79. The normalized spacial score (nSPS) is 29.3. The summed E-state index contributed by atoms with van der Waals surface area (Å²) in [6.07, 6.45) is -17.0. The predicted octanol–water partition coefficient (Wildman–Crippen LogP) is 0.970. The maximum Gasteiger partial charge on any atom is 0.303 e. The van der Waals surface area contributed by atoms with Gasteiger partial charge in [-0.3, -0.25) is 39.0 Å². The van der Waals surface area contributed by atoms with E-state index in [1.54, 1.807) is 0 Å². The Kier molecular flexibility index (Phi) is 15.9. The molecule has 19 nitrogen and oxygen atoms in total. The molecule has 10 atom stereocenters. The first kappa shape index (κ1) is 42.7. The van der Waals surface area contributed by atoms with Gasteiger partial charge in [-0.05, 0) is 0 Å². The minimum atomic E-state index is -2.45. The van der Waals surface area contributed by atoms with Crippen molar-refractivity contribution in [1.82, 2.24) is 0 Å². The number of alkyl halides is 3. The Labute approximate surface area is 300 Å². The Balaban J connectivity index is 2.77. The number of ether oxygens (including phenoxy) is 11. The van der Waals surface area contributed by atoms with Crippen LogP contribution in [0.3, 0.4) is 0 Å². The molecule has 0 aromatic rings. The van der Waals surface area contributed by atoms with Crippen LogP contribution in [-0.4, -0.2) is 126 Å². The third kappa shape index (κ3) is 13.0. The summed E-state index contributed by atoms with van der Waals surface area (Å²) in [6, 6.07) is 0. The molecule has 0 aliphatic carbocycles. The Morgan fingerprint density at radius 2 is 0.840 bits per heavy atom. The van der Waals surface area contributed by atoms with Crippen molar-refractivity contribution in [3.8, 4) is 0 Å². The second-order valence-electron chi connectivity index (χ2n) is 10.6. The van der Waals surface area contributed by atoms with Gasteiger partial charge in [0.05, 0.1) is 0 Å². The molecule has 282 valence electrons. The lowest BCUT2D eigenvalue weighted by molar-refractivity contribution is -0.355. The molecule has 0 aromatic carbocycles. The van der Waals surface area contributed by atoms with Gasteiger partial charge in [0.15, 0.2) is 30.7 Å². The molecule has 2 aliphatic heterocycles. The second kappa shape index (κ2) is 18.7. The van der Waals surface area contributed by atoms with Gasteiger partial charge in [-0.2, -0.15) is 0 Å². The zero-order chi connectivity index (χ0) is 38.1. The first-order chi connectivity index (χ1) is 23.1. The van der Waals surface area contributed by atoms with Gasteiger partial charge < -0.3 is 52.1 Å². The summed E-state index contributed by atoms with van der Waals surface area (Å²) < 4.78 is 58.1. The standard InChI is InChI=1S/C28H36Cl3NO18/c1-10(33)40-8-17-19(42-12(3)35)21(43-13(4)36)23(45-15(6)38)25(47-17)49-20-18(9-41-11(2)34)48-26(50-27(32)28(29,30)31)24(46-16(7)39)22(20)44-14(5)37/h17-26,32H,8-9H2,1-7H3/t17-,18-,19+,20+,21+,22+,23-,24-,25+,26+/m1/s1. The van der Waals surface area contributed by atoms with Crippen LogP contribution >= 0.6 is 34.8 Å². The number of rotatable bonds is 12. The number of hydrogen-bond donors (Lipinski definition) is 1. The molecule has 50 heavy (non-hydrogen) atoms. The zero-order valence-electron chi connectivity index (χ0n) is 27.7. The van der Waals surface area contributed by atoms with E-state index in [0.717, 1.165) is 48.5 Å². The highest BCUT2D eigenvalue weighted by atomic mass is 35.6. The first-order valence-electron chi connectivity index (χ1n) is 14.5.